The van der Waals surface area contributed by atoms with E-state index in [1.54, 1.807) is 12.1 Å². The van der Waals surface area contributed by atoms with Crippen molar-refractivity contribution in [2.75, 3.05) is 11.9 Å². The third kappa shape index (κ3) is 5.33. The van der Waals surface area contributed by atoms with Crippen LogP contribution in [0.4, 0.5) is 10.5 Å². The van der Waals surface area contributed by atoms with E-state index in [2.05, 4.69) is 10.6 Å². The van der Waals surface area contributed by atoms with Crippen LogP contribution in [0.25, 0.3) is 0 Å². The third-order valence-corrected chi connectivity index (χ3v) is 4.47. The van der Waals surface area contributed by atoms with Gasteiger partial charge in [0.25, 0.3) is 5.91 Å². The Morgan fingerprint density at radius 3 is 2.41 bits per heavy atom. The van der Waals surface area contributed by atoms with Crippen LogP contribution in [-0.2, 0) is 4.74 Å². The second-order valence-corrected chi connectivity index (χ2v) is 7.89. The lowest BCUT2D eigenvalue weighted by Gasteiger charge is -2.19. The van der Waals surface area contributed by atoms with Crippen LogP contribution in [0.1, 0.15) is 49.0 Å². The minimum absolute atomic E-state index is 0.118. The topological polar surface area (TPSA) is 67.4 Å². The monoisotopic (exact) mass is 366 g/mol. The summed E-state index contributed by atoms with van der Waals surface area (Å²) < 4.78 is 5.28. The predicted octanol–water partition coefficient (Wildman–Crippen LogP) is 4.57. The molecule has 2 amide bonds. The summed E-state index contributed by atoms with van der Waals surface area (Å²) >= 11 is 0. The Kier molecular flexibility index (Phi) is 5.49. The van der Waals surface area contributed by atoms with Crippen LogP contribution in [0.2, 0.25) is 0 Å². The van der Waals surface area contributed by atoms with Crippen molar-refractivity contribution in [1.29, 1.82) is 0 Å². The van der Waals surface area contributed by atoms with Gasteiger partial charge in [-0.2, -0.15) is 0 Å². The maximum Gasteiger partial charge on any atom is 0.407 e. The first-order valence-corrected chi connectivity index (χ1v) is 9.25. The van der Waals surface area contributed by atoms with Gasteiger partial charge in [-0.05, 0) is 62.8 Å². The second-order valence-electron chi connectivity index (χ2n) is 7.89. The second kappa shape index (κ2) is 7.82. The SMILES string of the molecule is CC(C)(C)OC(=O)NCC1CC1c1ccccc1NC(=O)c1ccccc1. The van der Waals surface area contributed by atoms with Gasteiger partial charge in [0.1, 0.15) is 5.60 Å². The Morgan fingerprint density at radius 2 is 1.70 bits per heavy atom. The number of carbonyl (C=O) groups excluding carboxylic acids is 2. The van der Waals surface area contributed by atoms with Crippen molar-refractivity contribution in [3.8, 4) is 0 Å². The molecule has 0 heterocycles. The summed E-state index contributed by atoms with van der Waals surface area (Å²) in [5.74, 6) is 0.562. The highest BCUT2D eigenvalue weighted by atomic mass is 16.6. The summed E-state index contributed by atoms with van der Waals surface area (Å²) in [6.07, 6.45) is 0.590. The van der Waals surface area contributed by atoms with E-state index in [0.29, 0.717) is 23.9 Å². The molecular weight excluding hydrogens is 340 g/mol. The number of ether oxygens (including phenoxy) is 1. The molecule has 0 radical (unpaired) electrons. The summed E-state index contributed by atoms with van der Waals surface area (Å²) in [7, 11) is 0. The van der Waals surface area contributed by atoms with Crippen molar-refractivity contribution >= 4 is 17.7 Å². The number of hydrogen-bond donors (Lipinski definition) is 2. The van der Waals surface area contributed by atoms with Gasteiger partial charge < -0.3 is 15.4 Å². The highest BCUT2D eigenvalue weighted by Gasteiger charge is 2.40. The standard InChI is InChI=1S/C22H26N2O3/c1-22(2,3)27-21(26)23-14-16-13-18(16)17-11-7-8-12-19(17)24-20(25)15-9-5-4-6-10-15/h4-12,16,18H,13-14H2,1-3H3,(H,23,26)(H,24,25). The first kappa shape index (κ1) is 19.0. The number of para-hydroxylation sites is 1. The Balaban J connectivity index is 1.59. The molecule has 0 aromatic heterocycles. The Bertz CT molecular complexity index is 812. The normalized spacial score (nSPS) is 18.5. The molecule has 2 atom stereocenters. The minimum atomic E-state index is -0.499. The number of alkyl carbamates (subject to hydrolysis) is 1. The third-order valence-electron chi connectivity index (χ3n) is 4.47. The molecule has 3 rings (SSSR count). The fraction of sp³-hybridized carbons (Fsp3) is 0.364. The van der Waals surface area contributed by atoms with Crippen LogP contribution in [0.15, 0.2) is 54.6 Å². The largest absolute Gasteiger partial charge is 0.444 e. The fourth-order valence-electron chi connectivity index (χ4n) is 3.10. The van der Waals surface area contributed by atoms with Gasteiger partial charge in [-0.1, -0.05) is 36.4 Å². The molecular formula is C22H26N2O3. The zero-order valence-electron chi connectivity index (χ0n) is 16.0. The molecule has 5 heteroatoms. The van der Waals surface area contributed by atoms with Crippen LogP contribution in [0, 0.1) is 5.92 Å². The van der Waals surface area contributed by atoms with Crippen LogP contribution >= 0.6 is 0 Å². The van der Waals surface area contributed by atoms with Gasteiger partial charge >= 0.3 is 6.09 Å². The van der Waals surface area contributed by atoms with Crippen LogP contribution < -0.4 is 10.6 Å². The highest BCUT2D eigenvalue weighted by molar-refractivity contribution is 6.04. The van der Waals surface area contributed by atoms with Crippen molar-refractivity contribution in [1.82, 2.24) is 5.32 Å². The van der Waals surface area contributed by atoms with E-state index in [4.69, 9.17) is 4.74 Å². The van der Waals surface area contributed by atoms with Crippen LogP contribution in [-0.4, -0.2) is 24.1 Å². The maximum atomic E-state index is 12.5. The minimum Gasteiger partial charge on any atom is -0.444 e. The number of carbonyl (C=O) groups is 2. The van der Waals surface area contributed by atoms with Crippen molar-refractivity contribution in [2.45, 2.75) is 38.7 Å². The van der Waals surface area contributed by atoms with E-state index >= 15 is 0 Å². The van der Waals surface area contributed by atoms with E-state index in [9.17, 15) is 9.59 Å². The average Bonchev–Trinajstić information content (AvgIpc) is 3.39. The lowest BCUT2D eigenvalue weighted by Crippen LogP contribution is -2.33. The summed E-state index contributed by atoms with van der Waals surface area (Å²) in [5, 5.41) is 5.85. The van der Waals surface area contributed by atoms with E-state index < -0.39 is 5.60 Å². The van der Waals surface area contributed by atoms with E-state index in [0.717, 1.165) is 17.7 Å². The number of anilines is 1. The number of rotatable bonds is 5. The smallest absolute Gasteiger partial charge is 0.407 e. The Hall–Kier alpha value is -2.82. The molecule has 1 saturated carbocycles. The van der Waals surface area contributed by atoms with Crippen molar-refractivity contribution in [3.63, 3.8) is 0 Å². The molecule has 2 N–H and O–H groups in total. The molecule has 2 aromatic carbocycles. The van der Waals surface area contributed by atoms with Crippen LogP contribution in [0.5, 0.6) is 0 Å². The molecule has 0 saturated heterocycles. The quantitative estimate of drug-likeness (QED) is 0.815. The van der Waals surface area contributed by atoms with Crippen molar-refractivity contribution in [2.24, 2.45) is 5.92 Å². The first-order valence-electron chi connectivity index (χ1n) is 9.25. The maximum absolute atomic E-state index is 12.5. The molecule has 1 fully saturated rings. The molecule has 2 aromatic rings. The van der Waals surface area contributed by atoms with E-state index in [-0.39, 0.29) is 12.0 Å². The summed E-state index contributed by atoms with van der Waals surface area (Å²) in [6, 6.07) is 17.0. The molecule has 1 aliphatic carbocycles. The Morgan fingerprint density at radius 1 is 1.04 bits per heavy atom. The zero-order valence-corrected chi connectivity index (χ0v) is 16.0. The van der Waals surface area contributed by atoms with Gasteiger partial charge in [0, 0.05) is 17.8 Å². The Labute approximate surface area is 160 Å². The average molecular weight is 366 g/mol. The number of amides is 2. The summed E-state index contributed by atoms with van der Waals surface area (Å²) in [5.41, 5.74) is 2.07. The highest BCUT2D eigenvalue weighted by Crippen LogP contribution is 2.49. The predicted molar refractivity (Wildman–Crippen MR) is 106 cm³/mol. The first-order chi connectivity index (χ1) is 12.8. The van der Waals surface area contributed by atoms with Gasteiger partial charge in [0.05, 0.1) is 0 Å². The fourth-order valence-corrected chi connectivity index (χ4v) is 3.10. The number of nitrogens with one attached hydrogen (secondary N) is 2. The lowest BCUT2D eigenvalue weighted by molar-refractivity contribution is 0.0525. The van der Waals surface area contributed by atoms with E-state index in [1.807, 2.05) is 63.2 Å². The molecule has 0 aliphatic heterocycles. The van der Waals surface area contributed by atoms with Crippen LogP contribution in [0.3, 0.4) is 0 Å². The van der Waals surface area contributed by atoms with Gasteiger partial charge in [0.2, 0.25) is 0 Å². The summed E-state index contributed by atoms with van der Waals surface area (Å²) in [6.45, 7) is 6.11. The molecule has 5 nitrogen and oxygen atoms in total. The number of benzene rings is 2. The van der Waals surface area contributed by atoms with Crippen molar-refractivity contribution in [3.05, 3.63) is 65.7 Å². The number of hydrogen-bond acceptors (Lipinski definition) is 3. The molecule has 2 unspecified atom stereocenters. The van der Waals surface area contributed by atoms with Gasteiger partial charge in [-0.3, -0.25) is 4.79 Å². The molecule has 1 aliphatic rings. The molecule has 142 valence electrons. The van der Waals surface area contributed by atoms with E-state index in [1.165, 1.54) is 0 Å². The summed E-state index contributed by atoms with van der Waals surface area (Å²) in [4.78, 5) is 24.3. The van der Waals surface area contributed by atoms with Gasteiger partial charge in [-0.15, -0.1) is 0 Å². The van der Waals surface area contributed by atoms with Gasteiger partial charge in [0.15, 0.2) is 0 Å². The van der Waals surface area contributed by atoms with Crippen molar-refractivity contribution < 1.29 is 14.3 Å². The zero-order chi connectivity index (χ0) is 19.4. The molecule has 0 spiro atoms. The van der Waals surface area contributed by atoms with Gasteiger partial charge in [-0.25, -0.2) is 4.79 Å². The molecule has 0 bridgehead atoms. The lowest BCUT2D eigenvalue weighted by atomic mass is 10.1. The molecule has 27 heavy (non-hydrogen) atoms.